The summed E-state index contributed by atoms with van der Waals surface area (Å²) in [6.07, 6.45) is 6.41. The number of rotatable bonds is 7. The average molecular weight is 537 g/mol. The molecule has 8 nitrogen and oxygen atoms in total. The number of hydrogen-bond acceptors (Lipinski definition) is 6. The Morgan fingerprint density at radius 1 is 1.24 bits per heavy atom. The second kappa shape index (κ2) is 10.4. The maximum Gasteiger partial charge on any atom is 0.410 e. The lowest BCUT2D eigenvalue weighted by Gasteiger charge is -2.43. The highest BCUT2D eigenvalue weighted by Crippen LogP contribution is 2.37. The molecule has 2 aromatic rings. The summed E-state index contributed by atoms with van der Waals surface area (Å²) >= 11 is 3.64. The van der Waals surface area contributed by atoms with E-state index in [1.807, 2.05) is 56.7 Å². The maximum absolute atomic E-state index is 12.9. The first-order chi connectivity index (χ1) is 16.1. The molecule has 4 rings (SSSR count). The van der Waals surface area contributed by atoms with Gasteiger partial charge in [-0.3, -0.25) is 0 Å². The molecule has 0 bridgehead atoms. The minimum atomic E-state index is -0.517. The third-order valence-corrected chi connectivity index (χ3v) is 6.75. The Balaban J connectivity index is 1.44. The number of aromatic nitrogens is 2. The van der Waals surface area contributed by atoms with E-state index in [9.17, 15) is 4.79 Å². The molecule has 1 atom stereocenters. The third-order valence-electron chi connectivity index (χ3n) is 6.29. The van der Waals surface area contributed by atoms with Crippen molar-refractivity contribution in [2.45, 2.75) is 76.9 Å². The molecule has 9 heteroatoms. The standard InChI is InChI=1S/C25H37BrN4O4/c1-25(2,3)34-24(31)29(10-9-28(4)5)18-14-19(15-18)33-22-13-17(26)12-21-20(22)16-27-30(21)23-8-6-7-11-32-23/h12-13,16,18-19,23H,6-11,14-15H2,1-5H3/t18-,19-,23?. The summed E-state index contributed by atoms with van der Waals surface area (Å²) in [5, 5.41) is 5.61. The molecule has 2 fully saturated rings. The Hall–Kier alpha value is -1.84. The van der Waals surface area contributed by atoms with Crippen LogP contribution in [-0.4, -0.2) is 77.2 Å². The van der Waals surface area contributed by atoms with Gasteiger partial charge in [-0.2, -0.15) is 5.10 Å². The Morgan fingerprint density at radius 3 is 2.65 bits per heavy atom. The zero-order valence-electron chi connectivity index (χ0n) is 20.9. The molecular weight excluding hydrogens is 500 g/mol. The van der Waals surface area contributed by atoms with Crippen molar-refractivity contribution >= 4 is 32.9 Å². The fraction of sp³-hybridized carbons (Fsp3) is 0.680. The summed E-state index contributed by atoms with van der Waals surface area (Å²) in [5.41, 5.74) is 0.491. The quantitative estimate of drug-likeness (QED) is 0.484. The molecular formula is C25H37BrN4O4. The van der Waals surface area contributed by atoms with Crippen LogP contribution in [0.2, 0.25) is 0 Å². The highest BCUT2D eigenvalue weighted by Gasteiger charge is 2.39. The van der Waals surface area contributed by atoms with Gasteiger partial charge in [0.15, 0.2) is 6.23 Å². The molecule has 0 radical (unpaired) electrons. The molecule has 0 spiro atoms. The minimum absolute atomic E-state index is 0.0273. The second-order valence-electron chi connectivity index (χ2n) is 10.6. The minimum Gasteiger partial charge on any atom is -0.489 e. The van der Waals surface area contributed by atoms with Crippen molar-refractivity contribution in [3.8, 4) is 5.75 Å². The number of carbonyl (C=O) groups excluding carboxylic acids is 1. The monoisotopic (exact) mass is 536 g/mol. The first-order valence-corrected chi connectivity index (χ1v) is 13.0. The summed E-state index contributed by atoms with van der Waals surface area (Å²) in [7, 11) is 4.02. The number of ether oxygens (including phenoxy) is 3. The van der Waals surface area contributed by atoms with Crippen molar-refractivity contribution in [1.82, 2.24) is 19.6 Å². The Labute approximate surface area is 210 Å². The summed E-state index contributed by atoms with van der Waals surface area (Å²) in [5.74, 6) is 0.812. The molecule has 0 N–H and O–H groups in total. The van der Waals surface area contributed by atoms with E-state index in [0.717, 1.165) is 66.4 Å². The van der Waals surface area contributed by atoms with E-state index in [0.29, 0.717) is 6.54 Å². The molecule has 1 aliphatic carbocycles. The van der Waals surface area contributed by atoms with Gasteiger partial charge >= 0.3 is 6.09 Å². The molecule has 2 heterocycles. The van der Waals surface area contributed by atoms with E-state index in [1.54, 1.807) is 0 Å². The number of nitrogens with zero attached hydrogens (tertiary/aromatic N) is 4. The molecule has 1 saturated heterocycles. The molecule has 2 aliphatic rings. The van der Waals surface area contributed by atoms with Crippen LogP contribution in [0.25, 0.3) is 10.9 Å². The van der Waals surface area contributed by atoms with Crippen molar-refractivity contribution < 1.29 is 19.0 Å². The molecule has 1 aliphatic heterocycles. The van der Waals surface area contributed by atoms with Crippen molar-refractivity contribution in [3.63, 3.8) is 0 Å². The van der Waals surface area contributed by atoms with E-state index in [4.69, 9.17) is 14.2 Å². The Kier molecular flexibility index (Phi) is 7.74. The van der Waals surface area contributed by atoms with Crippen molar-refractivity contribution in [3.05, 3.63) is 22.8 Å². The van der Waals surface area contributed by atoms with E-state index >= 15 is 0 Å². The number of benzene rings is 1. The number of hydrogen-bond donors (Lipinski definition) is 0. The van der Waals surface area contributed by atoms with Gasteiger partial charge in [0.25, 0.3) is 0 Å². The van der Waals surface area contributed by atoms with Gasteiger partial charge in [0, 0.05) is 43.1 Å². The lowest BCUT2D eigenvalue weighted by Crippen LogP contribution is -2.54. The average Bonchev–Trinajstić information content (AvgIpc) is 3.14. The number of fused-ring (bicyclic) bond motifs is 1. The Bertz CT molecular complexity index is 991. The fourth-order valence-electron chi connectivity index (χ4n) is 4.44. The topological polar surface area (TPSA) is 69.1 Å². The van der Waals surface area contributed by atoms with Crippen LogP contribution in [0.1, 0.15) is 59.1 Å². The number of likely N-dealkylation sites (N-methyl/N-ethyl adjacent to an activating group) is 1. The van der Waals surface area contributed by atoms with Crippen molar-refractivity contribution in [2.24, 2.45) is 0 Å². The van der Waals surface area contributed by atoms with Crippen LogP contribution in [0.15, 0.2) is 22.8 Å². The largest absolute Gasteiger partial charge is 0.489 e. The van der Waals surface area contributed by atoms with E-state index in [2.05, 4.69) is 32.0 Å². The van der Waals surface area contributed by atoms with Crippen LogP contribution < -0.4 is 4.74 Å². The highest BCUT2D eigenvalue weighted by atomic mass is 79.9. The molecule has 1 saturated carbocycles. The summed E-state index contributed by atoms with van der Waals surface area (Å²) in [6, 6.07) is 4.18. The molecule has 1 aromatic carbocycles. The van der Waals surface area contributed by atoms with Gasteiger partial charge in [-0.05, 0) is 66.3 Å². The van der Waals surface area contributed by atoms with Gasteiger partial charge in [-0.15, -0.1) is 0 Å². The second-order valence-corrected chi connectivity index (χ2v) is 11.5. The summed E-state index contributed by atoms with van der Waals surface area (Å²) < 4.78 is 21.0. The smallest absolute Gasteiger partial charge is 0.410 e. The molecule has 1 amide bonds. The zero-order valence-corrected chi connectivity index (χ0v) is 22.5. The van der Waals surface area contributed by atoms with Crippen LogP contribution in [0.4, 0.5) is 4.79 Å². The number of amides is 1. The van der Waals surface area contributed by atoms with Crippen LogP contribution in [0.3, 0.4) is 0 Å². The summed E-state index contributed by atoms with van der Waals surface area (Å²) in [4.78, 5) is 16.8. The van der Waals surface area contributed by atoms with Crippen molar-refractivity contribution in [2.75, 3.05) is 33.8 Å². The summed E-state index contributed by atoms with van der Waals surface area (Å²) in [6.45, 7) is 7.90. The van der Waals surface area contributed by atoms with Gasteiger partial charge in [0.1, 0.15) is 17.5 Å². The van der Waals surface area contributed by atoms with Crippen LogP contribution in [-0.2, 0) is 9.47 Å². The van der Waals surface area contributed by atoms with Gasteiger partial charge < -0.3 is 24.0 Å². The molecule has 188 valence electrons. The third kappa shape index (κ3) is 6.04. The fourth-order valence-corrected chi connectivity index (χ4v) is 4.87. The first-order valence-electron chi connectivity index (χ1n) is 12.2. The van der Waals surface area contributed by atoms with Crippen molar-refractivity contribution in [1.29, 1.82) is 0 Å². The van der Waals surface area contributed by atoms with E-state index in [1.165, 1.54) is 0 Å². The predicted molar refractivity (Wildman–Crippen MR) is 135 cm³/mol. The van der Waals surface area contributed by atoms with E-state index < -0.39 is 5.60 Å². The number of halogens is 1. The lowest BCUT2D eigenvalue weighted by atomic mass is 9.87. The molecule has 34 heavy (non-hydrogen) atoms. The number of carbonyl (C=O) groups is 1. The Morgan fingerprint density at radius 2 is 2.00 bits per heavy atom. The van der Waals surface area contributed by atoms with Gasteiger partial charge in [-0.25, -0.2) is 9.48 Å². The van der Waals surface area contributed by atoms with Gasteiger partial charge in [-0.1, -0.05) is 15.9 Å². The molecule has 1 aromatic heterocycles. The van der Waals surface area contributed by atoms with Crippen LogP contribution >= 0.6 is 15.9 Å². The van der Waals surface area contributed by atoms with E-state index in [-0.39, 0.29) is 24.5 Å². The lowest BCUT2D eigenvalue weighted by molar-refractivity contribution is -0.0366. The van der Waals surface area contributed by atoms with Gasteiger partial charge in [0.2, 0.25) is 0 Å². The highest BCUT2D eigenvalue weighted by molar-refractivity contribution is 9.10. The molecule has 1 unspecified atom stereocenters. The maximum atomic E-state index is 12.9. The van der Waals surface area contributed by atoms with Crippen LogP contribution in [0, 0.1) is 0 Å². The SMILES string of the molecule is CN(C)CCN(C(=O)OC(C)(C)C)[C@H]1C[C@H](Oc2cc(Br)cc3c2cnn3C2CCCCO2)C1. The normalized spacial score (nSPS) is 23.1. The predicted octanol–water partition coefficient (Wildman–Crippen LogP) is 5.21. The van der Waals surface area contributed by atoms with Gasteiger partial charge in [0.05, 0.1) is 17.1 Å². The van der Waals surface area contributed by atoms with Crippen LogP contribution in [0.5, 0.6) is 5.75 Å². The first kappa shape index (κ1) is 25.3. The zero-order chi connectivity index (χ0) is 24.5.